The lowest BCUT2D eigenvalue weighted by Crippen LogP contribution is -2.17. The summed E-state index contributed by atoms with van der Waals surface area (Å²) in [7, 11) is 0. The minimum atomic E-state index is -0.172. The van der Waals surface area contributed by atoms with Crippen molar-refractivity contribution < 1.29 is 9.47 Å². The van der Waals surface area contributed by atoms with E-state index in [1.807, 2.05) is 30.3 Å². The van der Waals surface area contributed by atoms with Gasteiger partial charge in [0.1, 0.15) is 0 Å². The number of ether oxygens (including phenoxy) is 2. The molecule has 4 rings (SSSR count). The summed E-state index contributed by atoms with van der Waals surface area (Å²) in [6.07, 6.45) is 0.908. The number of rotatable bonds is 5. The molecule has 3 aromatic rings. The van der Waals surface area contributed by atoms with Crippen molar-refractivity contribution in [2.45, 2.75) is 13.3 Å². The van der Waals surface area contributed by atoms with Gasteiger partial charge in [-0.15, -0.1) is 0 Å². The summed E-state index contributed by atoms with van der Waals surface area (Å²) in [5, 5.41) is 11.5. The molecule has 6 nitrogen and oxygen atoms in total. The second-order valence-corrected chi connectivity index (χ2v) is 6.32. The van der Waals surface area contributed by atoms with Gasteiger partial charge in [-0.3, -0.25) is 4.79 Å². The molecule has 2 heterocycles. The SMILES string of the molecule is CC(CNc1n[nH]c(=O)c2ccccc12)Cc1ccc2c(c1)OCO2. The minimum Gasteiger partial charge on any atom is -0.454 e. The van der Waals surface area contributed by atoms with Crippen LogP contribution in [0.15, 0.2) is 47.3 Å². The van der Waals surface area contributed by atoms with Crippen molar-refractivity contribution in [3.05, 3.63) is 58.4 Å². The van der Waals surface area contributed by atoms with Crippen LogP contribution in [0.5, 0.6) is 11.5 Å². The van der Waals surface area contributed by atoms with Crippen LogP contribution < -0.4 is 20.3 Å². The Morgan fingerprint density at radius 2 is 1.96 bits per heavy atom. The fourth-order valence-electron chi connectivity index (χ4n) is 3.06. The largest absolute Gasteiger partial charge is 0.454 e. The van der Waals surface area contributed by atoms with Crippen LogP contribution in [0.3, 0.4) is 0 Å². The first kappa shape index (κ1) is 15.5. The molecule has 0 bridgehead atoms. The van der Waals surface area contributed by atoms with Crippen molar-refractivity contribution in [2.75, 3.05) is 18.7 Å². The molecule has 0 amide bonds. The van der Waals surface area contributed by atoms with Crippen molar-refractivity contribution in [2.24, 2.45) is 5.92 Å². The van der Waals surface area contributed by atoms with Gasteiger partial charge in [0, 0.05) is 11.9 Å². The van der Waals surface area contributed by atoms with Gasteiger partial charge in [0.25, 0.3) is 5.56 Å². The smallest absolute Gasteiger partial charge is 0.272 e. The van der Waals surface area contributed by atoms with E-state index in [4.69, 9.17) is 9.47 Å². The lowest BCUT2D eigenvalue weighted by atomic mass is 10.0. The molecule has 0 saturated heterocycles. The summed E-state index contributed by atoms with van der Waals surface area (Å²) < 4.78 is 10.8. The van der Waals surface area contributed by atoms with E-state index < -0.39 is 0 Å². The lowest BCUT2D eigenvalue weighted by Gasteiger charge is -2.14. The van der Waals surface area contributed by atoms with Gasteiger partial charge in [-0.25, -0.2) is 5.10 Å². The fourth-order valence-corrected chi connectivity index (χ4v) is 3.06. The normalized spacial score (nSPS) is 13.8. The standard InChI is InChI=1S/C19H19N3O3/c1-12(8-13-6-7-16-17(9-13)25-11-24-16)10-20-18-14-4-2-3-5-15(14)19(23)22-21-18/h2-7,9,12H,8,10-11H2,1H3,(H,20,21)(H,22,23). The number of H-pyrrole nitrogens is 1. The van der Waals surface area contributed by atoms with Crippen LogP contribution in [0, 0.1) is 5.92 Å². The number of nitrogens with one attached hydrogen (secondary N) is 2. The summed E-state index contributed by atoms with van der Waals surface area (Å²) in [5.74, 6) is 2.70. The molecule has 0 fully saturated rings. The topological polar surface area (TPSA) is 76.2 Å². The second-order valence-electron chi connectivity index (χ2n) is 6.32. The fraction of sp³-hybridized carbons (Fsp3) is 0.263. The number of fused-ring (bicyclic) bond motifs is 2. The third kappa shape index (κ3) is 3.15. The van der Waals surface area contributed by atoms with Crippen LogP contribution in [0.25, 0.3) is 10.8 Å². The van der Waals surface area contributed by atoms with Gasteiger partial charge >= 0.3 is 0 Å². The predicted molar refractivity (Wildman–Crippen MR) is 96.3 cm³/mol. The molecule has 0 radical (unpaired) electrons. The van der Waals surface area contributed by atoms with Gasteiger partial charge in [-0.2, -0.15) is 5.10 Å². The third-order valence-electron chi connectivity index (χ3n) is 4.34. The molecule has 0 spiro atoms. The number of hydrogen-bond donors (Lipinski definition) is 2. The summed E-state index contributed by atoms with van der Waals surface area (Å²) in [4.78, 5) is 11.8. The number of hydrogen-bond acceptors (Lipinski definition) is 5. The molecule has 1 aromatic heterocycles. The first-order valence-electron chi connectivity index (χ1n) is 8.30. The van der Waals surface area contributed by atoms with Crippen LogP contribution in [0.2, 0.25) is 0 Å². The molecule has 25 heavy (non-hydrogen) atoms. The van der Waals surface area contributed by atoms with Gasteiger partial charge in [-0.1, -0.05) is 31.2 Å². The Kier molecular flexibility index (Phi) is 4.01. The van der Waals surface area contributed by atoms with Crippen molar-refractivity contribution in [1.29, 1.82) is 0 Å². The van der Waals surface area contributed by atoms with Crippen molar-refractivity contribution >= 4 is 16.6 Å². The van der Waals surface area contributed by atoms with Gasteiger partial charge < -0.3 is 14.8 Å². The highest BCUT2D eigenvalue weighted by atomic mass is 16.7. The molecular weight excluding hydrogens is 318 g/mol. The number of benzene rings is 2. The van der Waals surface area contributed by atoms with E-state index in [1.54, 1.807) is 6.07 Å². The zero-order valence-corrected chi connectivity index (χ0v) is 13.9. The van der Waals surface area contributed by atoms with Crippen molar-refractivity contribution in [3.8, 4) is 11.5 Å². The minimum absolute atomic E-state index is 0.172. The Morgan fingerprint density at radius 1 is 1.16 bits per heavy atom. The number of aromatic nitrogens is 2. The molecule has 6 heteroatoms. The zero-order valence-electron chi connectivity index (χ0n) is 13.9. The van der Waals surface area contributed by atoms with Gasteiger partial charge in [0.15, 0.2) is 17.3 Å². The monoisotopic (exact) mass is 337 g/mol. The van der Waals surface area contributed by atoms with E-state index in [0.717, 1.165) is 29.9 Å². The van der Waals surface area contributed by atoms with E-state index in [9.17, 15) is 4.79 Å². The molecule has 1 unspecified atom stereocenters. The van der Waals surface area contributed by atoms with E-state index in [-0.39, 0.29) is 5.56 Å². The molecule has 1 atom stereocenters. The maximum Gasteiger partial charge on any atom is 0.272 e. The van der Waals surface area contributed by atoms with E-state index in [1.165, 1.54) is 5.56 Å². The summed E-state index contributed by atoms with van der Waals surface area (Å²) >= 11 is 0. The zero-order chi connectivity index (χ0) is 17.2. The summed E-state index contributed by atoms with van der Waals surface area (Å²) in [5.41, 5.74) is 1.03. The first-order chi connectivity index (χ1) is 12.2. The maximum absolute atomic E-state index is 11.8. The Balaban J connectivity index is 1.45. The quantitative estimate of drug-likeness (QED) is 0.748. The van der Waals surface area contributed by atoms with Gasteiger partial charge in [0.05, 0.1) is 5.39 Å². The van der Waals surface area contributed by atoms with Gasteiger partial charge in [-0.05, 0) is 36.1 Å². The highest BCUT2D eigenvalue weighted by Gasteiger charge is 2.14. The lowest BCUT2D eigenvalue weighted by molar-refractivity contribution is 0.174. The highest BCUT2D eigenvalue weighted by molar-refractivity contribution is 5.90. The number of anilines is 1. The van der Waals surface area contributed by atoms with Crippen LogP contribution in [-0.2, 0) is 6.42 Å². The highest BCUT2D eigenvalue weighted by Crippen LogP contribution is 2.33. The average Bonchev–Trinajstić information content (AvgIpc) is 3.09. The molecule has 2 aromatic carbocycles. The van der Waals surface area contributed by atoms with E-state index in [2.05, 4.69) is 28.5 Å². The molecule has 2 N–H and O–H groups in total. The number of aromatic amines is 1. The van der Waals surface area contributed by atoms with E-state index in [0.29, 0.717) is 23.9 Å². The molecular formula is C19H19N3O3. The molecule has 1 aliphatic heterocycles. The Bertz CT molecular complexity index is 968. The van der Waals surface area contributed by atoms with E-state index >= 15 is 0 Å². The van der Waals surface area contributed by atoms with Crippen molar-refractivity contribution in [1.82, 2.24) is 10.2 Å². The van der Waals surface area contributed by atoms with Crippen LogP contribution >= 0.6 is 0 Å². The van der Waals surface area contributed by atoms with Gasteiger partial charge in [0.2, 0.25) is 6.79 Å². The average molecular weight is 337 g/mol. The predicted octanol–water partition coefficient (Wildman–Crippen LogP) is 2.94. The summed E-state index contributed by atoms with van der Waals surface area (Å²) in [6.45, 7) is 3.21. The second kappa shape index (κ2) is 6.47. The third-order valence-corrected chi connectivity index (χ3v) is 4.34. The summed E-state index contributed by atoms with van der Waals surface area (Å²) in [6, 6.07) is 13.5. The molecule has 0 saturated carbocycles. The first-order valence-corrected chi connectivity index (χ1v) is 8.30. The number of nitrogens with zero attached hydrogens (tertiary/aromatic N) is 1. The molecule has 128 valence electrons. The Labute approximate surface area is 144 Å². The van der Waals surface area contributed by atoms with Crippen molar-refractivity contribution in [3.63, 3.8) is 0 Å². The molecule has 1 aliphatic rings. The van der Waals surface area contributed by atoms with Crippen LogP contribution in [0.4, 0.5) is 5.82 Å². The molecule has 0 aliphatic carbocycles. The van der Waals surface area contributed by atoms with Crippen LogP contribution in [-0.4, -0.2) is 23.5 Å². The maximum atomic E-state index is 11.8. The Hall–Kier alpha value is -3.02. The Morgan fingerprint density at radius 3 is 2.84 bits per heavy atom. The van der Waals surface area contributed by atoms with Crippen LogP contribution in [0.1, 0.15) is 12.5 Å².